The van der Waals surface area contributed by atoms with Crippen LogP contribution in [0.1, 0.15) is 86.6 Å². The number of ether oxygens (including phenoxy) is 5. The minimum absolute atomic E-state index is 0.111. The first-order valence-electron chi connectivity index (χ1n) is 20.5. The van der Waals surface area contributed by atoms with Crippen LogP contribution in [0.25, 0.3) is 10.9 Å². The van der Waals surface area contributed by atoms with Crippen molar-refractivity contribution in [2.75, 3.05) is 27.0 Å². The largest absolute Gasteiger partial charge is 0.458 e. The topological polar surface area (TPSA) is 151 Å². The highest BCUT2D eigenvalue weighted by molar-refractivity contribution is 7.99. The van der Waals surface area contributed by atoms with E-state index in [0.717, 1.165) is 16.5 Å². The van der Waals surface area contributed by atoms with E-state index >= 15 is 0 Å². The van der Waals surface area contributed by atoms with Gasteiger partial charge >= 0.3 is 11.9 Å². The van der Waals surface area contributed by atoms with Crippen LogP contribution in [0.5, 0.6) is 0 Å². The van der Waals surface area contributed by atoms with Gasteiger partial charge in [-0.1, -0.05) is 45.9 Å². The molecular formula is C44H64N2O10S. The lowest BCUT2D eigenvalue weighted by molar-refractivity contribution is -0.297. The molecule has 0 bridgehead atoms. The molecule has 2 aromatic rings. The Morgan fingerprint density at radius 3 is 2.37 bits per heavy atom. The van der Waals surface area contributed by atoms with Crippen LogP contribution in [-0.4, -0.2) is 119 Å². The fourth-order valence-corrected chi connectivity index (χ4v) is 10.6. The number of benzene rings is 1. The Balaban J connectivity index is 1.55. The summed E-state index contributed by atoms with van der Waals surface area (Å²) >= 11 is 1.31. The quantitative estimate of drug-likeness (QED) is 0.174. The average Bonchev–Trinajstić information content (AvgIpc) is 3.45. The van der Waals surface area contributed by atoms with Crippen LogP contribution < -0.4 is 0 Å². The minimum atomic E-state index is -1.31. The summed E-state index contributed by atoms with van der Waals surface area (Å²) in [6.07, 6.45) is 1.52. The number of nitrogens with zero attached hydrogens (tertiary/aromatic N) is 2. The van der Waals surface area contributed by atoms with Crippen LogP contribution in [0.15, 0.2) is 36.5 Å². The van der Waals surface area contributed by atoms with Gasteiger partial charge < -0.3 is 33.7 Å². The number of hydrogen-bond donors (Lipinski definition) is 1. The van der Waals surface area contributed by atoms with Crippen LogP contribution in [0, 0.1) is 29.6 Å². The van der Waals surface area contributed by atoms with E-state index < -0.39 is 88.4 Å². The Hall–Kier alpha value is -2.94. The second-order valence-electron chi connectivity index (χ2n) is 17.3. The summed E-state index contributed by atoms with van der Waals surface area (Å²) in [4.78, 5) is 63.2. The monoisotopic (exact) mass is 812 g/mol. The molecule has 3 aliphatic heterocycles. The van der Waals surface area contributed by atoms with E-state index in [-0.39, 0.29) is 31.0 Å². The second kappa shape index (κ2) is 18.5. The number of carbonyl (C=O) groups is 4. The number of aliphatic hydroxyl groups excluding tert-OH is 1. The third-order valence-corrected chi connectivity index (χ3v) is 13.8. The lowest BCUT2D eigenvalue weighted by Crippen LogP contribution is -2.59. The van der Waals surface area contributed by atoms with Gasteiger partial charge in [0.25, 0.3) is 0 Å². The summed E-state index contributed by atoms with van der Waals surface area (Å²) in [5.74, 6) is -5.88. The van der Waals surface area contributed by atoms with E-state index in [0.29, 0.717) is 25.7 Å². The summed E-state index contributed by atoms with van der Waals surface area (Å²) in [5, 5.41) is 12.0. The molecule has 1 unspecified atom stereocenters. The highest BCUT2D eigenvalue weighted by atomic mass is 32.2. The molecule has 1 aromatic heterocycles. The fourth-order valence-electron chi connectivity index (χ4n) is 9.60. The van der Waals surface area contributed by atoms with Crippen LogP contribution >= 0.6 is 11.8 Å². The van der Waals surface area contributed by atoms with Crippen molar-refractivity contribution in [2.24, 2.45) is 29.6 Å². The first kappa shape index (κ1) is 45.1. The Morgan fingerprint density at radius 2 is 1.70 bits per heavy atom. The van der Waals surface area contributed by atoms with Crippen molar-refractivity contribution >= 4 is 46.2 Å². The molecule has 0 spiro atoms. The molecule has 3 aliphatic rings. The SMILES string of the molecule is CC[C@H]1OC(=O)[C@H](C)C(=O)[C@H](C)[C@@H](O[C@@H]2O[C@H](C)C[C@H](N(C)C)[C@H]2O)[C@](C)(OCCCc2cnc3ccccc3c2)C[C@@H](C)C(=O)[C@H](C)[C@@H]2C(SC)C(=O)O[C@]12C. The highest BCUT2D eigenvalue weighted by Crippen LogP contribution is 2.48. The van der Waals surface area contributed by atoms with Crippen LogP contribution in [0.3, 0.4) is 0 Å². The van der Waals surface area contributed by atoms with Crippen molar-refractivity contribution in [1.29, 1.82) is 0 Å². The van der Waals surface area contributed by atoms with E-state index in [1.807, 2.05) is 90.3 Å². The summed E-state index contributed by atoms with van der Waals surface area (Å²) in [6, 6.07) is 9.76. The summed E-state index contributed by atoms with van der Waals surface area (Å²) in [5.41, 5.74) is -0.649. The second-order valence-corrected chi connectivity index (χ2v) is 18.2. The van der Waals surface area contributed by atoms with Gasteiger partial charge in [-0.15, -0.1) is 11.8 Å². The van der Waals surface area contributed by atoms with E-state index in [9.17, 15) is 24.3 Å². The molecule has 0 aliphatic carbocycles. The molecule has 3 saturated heterocycles. The molecule has 1 aromatic carbocycles. The van der Waals surface area contributed by atoms with Crippen molar-refractivity contribution in [1.82, 2.24) is 9.88 Å². The zero-order valence-electron chi connectivity index (χ0n) is 35.6. The Morgan fingerprint density at radius 1 is 1.00 bits per heavy atom. The van der Waals surface area contributed by atoms with E-state index in [1.165, 1.54) is 18.7 Å². The van der Waals surface area contributed by atoms with Gasteiger partial charge in [0.15, 0.2) is 17.7 Å². The number of esters is 2. The third kappa shape index (κ3) is 9.44. The van der Waals surface area contributed by atoms with Crippen molar-refractivity contribution in [3.8, 4) is 0 Å². The fraction of sp³-hybridized carbons (Fsp3) is 0.705. The number of aromatic nitrogens is 1. The first-order valence-corrected chi connectivity index (χ1v) is 21.8. The number of thioether (sulfide) groups is 1. The standard InChI is InChI=1S/C44H64N2O10S/c1-12-33-44(8)34(38(57-11)41(51)56-44)26(4)35(47)24(2)22-43(7,52-19-15-16-29-21-30-17-13-14-18-31(30)45-23-29)39(27(5)36(48)28(6)40(50)54-33)55-42-37(49)32(46(9)10)20-25(3)53-42/h13-14,17-18,21,23-28,32-34,37-39,42,49H,12,15-16,19-20,22H2,1-11H3/t24-,25-,26-,27+,28-,32+,33-,34-,37-,38?,39-,42+,43-,44-/m1/s1. The predicted octanol–water partition coefficient (Wildman–Crippen LogP) is 5.83. The molecule has 0 radical (unpaired) electrons. The molecule has 13 heteroatoms. The molecule has 57 heavy (non-hydrogen) atoms. The van der Waals surface area contributed by atoms with Gasteiger partial charge in [-0.25, -0.2) is 0 Å². The number of carbonyl (C=O) groups excluding carboxylic acids is 4. The molecule has 12 nitrogen and oxygen atoms in total. The summed E-state index contributed by atoms with van der Waals surface area (Å²) in [6.45, 7) is 14.4. The Labute approximate surface area is 342 Å². The van der Waals surface area contributed by atoms with Gasteiger partial charge in [-0.3, -0.25) is 24.2 Å². The molecule has 0 amide bonds. The number of aryl methyl sites for hydroxylation is 1. The van der Waals surface area contributed by atoms with Crippen molar-refractivity contribution in [3.63, 3.8) is 0 Å². The number of pyridine rings is 1. The number of Topliss-reactive ketones (excluding diaryl/α,β-unsaturated/α-hetero) is 2. The van der Waals surface area contributed by atoms with Crippen LogP contribution in [0.4, 0.5) is 0 Å². The van der Waals surface area contributed by atoms with E-state index in [2.05, 4.69) is 11.1 Å². The van der Waals surface area contributed by atoms with Gasteiger partial charge in [-0.2, -0.15) is 0 Å². The lowest BCUT2D eigenvalue weighted by Gasteiger charge is -2.47. The number of likely N-dealkylation sites (N-methyl/N-ethyl adjacent to an activating group) is 1. The molecule has 4 heterocycles. The van der Waals surface area contributed by atoms with Gasteiger partial charge in [0.05, 0.1) is 23.3 Å². The number of para-hydroxylation sites is 1. The molecule has 316 valence electrons. The van der Waals surface area contributed by atoms with Crippen molar-refractivity contribution in [3.05, 3.63) is 42.1 Å². The summed E-state index contributed by atoms with van der Waals surface area (Å²) < 4.78 is 32.1. The normalized spacial score (nSPS) is 38.5. The summed E-state index contributed by atoms with van der Waals surface area (Å²) in [7, 11) is 3.77. The van der Waals surface area contributed by atoms with E-state index in [4.69, 9.17) is 23.7 Å². The van der Waals surface area contributed by atoms with Crippen molar-refractivity contribution < 1.29 is 48.0 Å². The Kier molecular flexibility index (Phi) is 14.7. The minimum Gasteiger partial charge on any atom is -0.458 e. The highest BCUT2D eigenvalue weighted by Gasteiger charge is 2.61. The molecule has 14 atom stereocenters. The maximum atomic E-state index is 14.7. The van der Waals surface area contributed by atoms with Gasteiger partial charge in [0.2, 0.25) is 0 Å². The molecule has 1 N–H and O–H groups in total. The molecule has 3 fully saturated rings. The maximum Gasteiger partial charge on any atom is 0.320 e. The van der Waals surface area contributed by atoms with Gasteiger partial charge in [-0.05, 0) is 97.8 Å². The van der Waals surface area contributed by atoms with E-state index in [1.54, 1.807) is 13.8 Å². The predicted molar refractivity (Wildman–Crippen MR) is 218 cm³/mol. The number of cyclic esters (lactones) is 1. The van der Waals surface area contributed by atoms with Gasteiger partial charge in [0, 0.05) is 47.9 Å². The van der Waals surface area contributed by atoms with Crippen molar-refractivity contribution in [2.45, 2.75) is 141 Å². The molecular weight excluding hydrogens is 749 g/mol. The lowest BCUT2D eigenvalue weighted by atomic mass is 9.70. The molecule has 0 saturated carbocycles. The molecule has 5 rings (SSSR count). The van der Waals surface area contributed by atoms with Crippen LogP contribution in [0.2, 0.25) is 0 Å². The number of hydrogen-bond acceptors (Lipinski definition) is 13. The zero-order chi connectivity index (χ0) is 42.0. The first-order chi connectivity index (χ1) is 26.9. The zero-order valence-corrected chi connectivity index (χ0v) is 36.4. The van der Waals surface area contributed by atoms with Crippen LogP contribution in [-0.2, 0) is 49.3 Å². The smallest absolute Gasteiger partial charge is 0.320 e. The number of fused-ring (bicyclic) bond motifs is 2. The number of aliphatic hydroxyl groups is 1. The Bertz CT molecular complexity index is 1760. The third-order valence-electron chi connectivity index (χ3n) is 12.8. The van der Waals surface area contributed by atoms with Gasteiger partial charge in [0.1, 0.15) is 29.2 Å². The number of ketones is 2. The number of rotatable bonds is 10. The average molecular weight is 813 g/mol. The maximum absolute atomic E-state index is 14.7.